The van der Waals surface area contributed by atoms with Crippen LogP contribution in [0.2, 0.25) is 10.0 Å². The number of imidazole rings is 1. The summed E-state index contributed by atoms with van der Waals surface area (Å²) in [7, 11) is 3.60. The molecule has 2 aromatic heterocycles. The van der Waals surface area contributed by atoms with Crippen LogP contribution < -0.4 is 11.1 Å². The number of halogens is 2. The first kappa shape index (κ1) is 13.9. The molecule has 0 saturated carbocycles. The number of nitrogens with zero attached hydrogens (tertiary/aromatic N) is 4. The van der Waals surface area contributed by atoms with Gasteiger partial charge in [0.1, 0.15) is 11.3 Å². The number of benzene rings is 1. The maximum Gasteiger partial charge on any atom is 0.224 e. The molecule has 0 aliphatic heterocycles. The summed E-state index contributed by atoms with van der Waals surface area (Å²) in [5.41, 5.74) is 8.21. The third kappa shape index (κ3) is 2.26. The van der Waals surface area contributed by atoms with Crippen LogP contribution in [0, 0.1) is 0 Å². The Balaban J connectivity index is 2.29. The molecular weight excluding hydrogens is 311 g/mol. The van der Waals surface area contributed by atoms with Crippen LogP contribution in [0.1, 0.15) is 0 Å². The number of nitrogen functional groups attached to an aromatic ring is 1. The quantitative estimate of drug-likeness (QED) is 0.709. The minimum atomic E-state index is 0.445. The molecule has 21 heavy (non-hydrogen) atoms. The Hall–Kier alpha value is -2.05. The van der Waals surface area contributed by atoms with E-state index >= 15 is 0 Å². The van der Waals surface area contributed by atoms with Crippen LogP contribution in [0.3, 0.4) is 0 Å². The van der Waals surface area contributed by atoms with Crippen molar-refractivity contribution in [2.75, 3.05) is 18.1 Å². The zero-order valence-corrected chi connectivity index (χ0v) is 12.9. The summed E-state index contributed by atoms with van der Waals surface area (Å²) in [5, 5.41) is 3.78. The molecule has 0 atom stereocenters. The standard InChI is InChI=1S/C13H12Cl2N6/c1-17-13-18-5-9-11(20-13)21(2)12(19-9)10-7(14)3-6(16)4-8(10)15/h3-5H,16H2,1-2H3,(H,17,18,20). The highest BCUT2D eigenvalue weighted by Crippen LogP contribution is 2.36. The molecule has 2 heterocycles. The van der Waals surface area contributed by atoms with Crippen molar-refractivity contribution in [3.8, 4) is 11.4 Å². The van der Waals surface area contributed by atoms with Gasteiger partial charge in [0.15, 0.2) is 5.65 Å². The van der Waals surface area contributed by atoms with Crippen LogP contribution in [-0.2, 0) is 7.05 Å². The van der Waals surface area contributed by atoms with Gasteiger partial charge in [-0.05, 0) is 12.1 Å². The van der Waals surface area contributed by atoms with Gasteiger partial charge in [-0.15, -0.1) is 0 Å². The fraction of sp³-hybridized carbons (Fsp3) is 0.154. The first-order chi connectivity index (χ1) is 10.0. The van der Waals surface area contributed by atoms with E-state index in [2.05, 4.69) is 20.3 Å². The van der Waals surface area contributed by atoms with E-state index < -0.39 is 0 Å². The van der Waals surface area contributed by atoms with E-state index in [0.29, 0.717) is 44.2 Å². The number of anilines is 2. The van der Waals surface area contributed by atoms with Gasteiger partial charge in [-0.1, -0.05) is 23.2 Å². The van der Waals surface area contributed by atoms with E-state index in [1.807, 2.05) is 11.6 Å². The van der Waals surface area contributed by atoms with Crippen molar-refractivity contribution in [2.24, 2.45) is 7.05 Å². The van der Waals surface area contributed by atoms with Crippen molar-refractivity contribution in [3.05, 3.63) is 28.4 Å². The molecule has 3 N–H and O–H groups in total. The number of hydrogen-bond acceptors (Lipinski definition) is 5. The van der Waals surface area contributed by atoms with E-state index in [-0.39, 0.29) is 0 Å². The highest BCUT2D eigenvalue weighted by atomic mass is 35.5. The number of hydrogen-bond donors (Lipinski definition) is 2. The number of nitrogens with two attached hydrogens (primary N) is 1. The molecular formula is C13H12Cl2N6. The summed E-state index contributed by atoms with van der Waals surface area (Å²) >= 11 is 12.5. The fourth-order valence-corrected chi connectivity index (χ4v) is 2.80. The average molecular weight is 323 g/mol. The first-order valence-electron chi connectivity index (χ1n) is 6.13. The Morgan fingerprint density at radius 2 is 1.86 bits per heavy atom. The molecule has 1 aromatic carbocycles. The molecule has 108 valence electrons. The van der Waals surface area contributed by atoms with Crippen LogP contribution in [0.4, 0.5) is 11.6 Å². The third-order valence-corrected chi connectivity index (χ3v) is 3.72. The summed E-state index contributed by atoms with van der Waals surface area (Å²) in [6.45, 7) is 0. The van der Waals surface area contributed by atoms with Crippen LogP contribution in [0.15, 0.2) is 18.3 Å². The second-order valence-electron chi connectivity index (χ2n) is 4.51. The molecule has 0 saturated heterocycles. The molecule has 8 heteroatoms. The Kier molecular flexibility index (Phi) is 3.35. The van der Waals surface area contributed by atoms with Gasteiger partial charge in [-0.3, -0.25) is 0 Å². The maximum atomic E-state index is 6.26. The lowest BCUT2D eigenvalue weighted by Crippen LogP contribution is -1.99. The summed E-state index contributed by atoms with van der Waals surface area (Å²) in [5.74, 6) is 1.13. The lowest BCUT2D eigenvalue weighted by Gasteiger charge is -2.08. The maximum absolute atomic E-state index is 6.26. The molecule has 0 unspecified atom stereocenters. The summed E-state index contributed by atoms with van der Waals surface area (Å²) in [4.78, 5) is 13.0. The van der Waals surface area contributed by atoms with Gasteiger partial charge in [-0.25, -0.2) is 9.97 Å². The molecule has 3 aromatic rings. The van der Waals surface area contributed by atoms with Gasteiger partial charge >= 0.3 is 0 Å². The second-order valence-corrected chi connectivity index (χ2v) is 5.32. The van der Waals surface area contributed by atoms with Gasteiger partial charge in [0.25, 0.3) is 0 Å². The Bertz CT molecular complexity index is 819. The van der Waals surface area contributed by atoms with Gasteiger partial charge in [0.05, 0.1) is 21.8 Å². The molecule has 0 fully saturated rings. The molecule has 0 bridgehead atoms. The van der Waals surface area contributed by atoms with Gasteiger partial charge in [-0.2, -0.15) is 4.98 Å². The summed E-state index contributed by atoms with van der Waals surface area (Å²) < 4.78 is 1.82. The van der Waals surface area contributed by atoms with Crippen molar-refractivity contribution < 1.29 is 0 Å². The predicted octanol–water partition coefficient (Wildman–Crippen LogP) is 2.96. The normalized spacial score (nSPS) is 11.0. The Morgan fingerprint density at radius 3 is 2.48 bits per heavy atom. The molecule has 3 rings (SSSR count). The topological polar surface area (TPSA) is 81.6 Å². The van der Waals surface area contributed by atoms with Crippen molar-refractivity contribution in [1.82, 2.24) is 19.5 Å². The van der Waals surface area contributed by atoms with Crippen LogP contribution >= 0.6 is 23.2 Å². The second kappa shape index (κ2) is 5.05. The van der Waals surface area contributed by atoms with Crippen molar-refractivity contribution in [1.29, 1.82) is 0 Å². The molecule has 6 nitrogen and oxygen atoms in total. The smallest absolute Gasteiger partial charge is 0.224 e. The largest absolute Gasteiger partial charge is 0.399 e. The molecule has 0 spiro atoms. The SMILES string of the molecule is CNc1ncc2nc(-c3c(Cl)cc(N)cc3Cl)n(C)c2n1. The first-order valence-corrected chi connectivity index (χ1v) is 6.89. The highest BCUT2D eigenvalue weighted by molar-refractivity contribution is 6.39. The van der Waals surface area contributed by atoms with E-state index in [1.54, 1.807) is 25.4 Å². The van der Waals surface area contributed by atoms with Gasteiger partial charge < -0.3 is 15.6 Å². The van der Waals surface area contributed by atoms with Crippen LogP contribution in [0.5, 0.6) is 0 Å². The predicted molar refractivity (Wildman–Crippen MR) is 85.7 cm³/mol. The summed E-state index contributed by atoms with van der Waals surface area (Å²) in [6.07, 6.45) is 1.65. The number of nitrogens with one attached hydrogen (secondary N) is 1. The molecule has 0 amide bonds. The zero-order chi connectivity index (χ0) is 15.1. The van der Waals surface area contributed by atoms with Gasteiger partial charge in [0, 0.05) is 19.8 Å². The minimum absolute atomic E-state index is 0.445. The van der Waals surface area contributed by atoms with E-state index in [4.69, 9.17) is 28.9 Å². The Labute approximate surface area is 130 Å². The number of fused-ring (bicyclic) bond motifs is 1. The molecule has 0 aliphatic rings. The summed E-state index contributed by atoms with van der Waals surface area (Å²) in [6, 6.07) is 3.29. The van der Waals surface area contributed by atoms with E-state index in [1.165, 1.54) is 0 Å². The average Bonchev–Trinajstić information content (AvgIpc) is 2.75. The fourth-order valence-electron chi connectivity index (χ4n) is 2.13. The molecule has 0 radical (unpaired) electrons. The number of aryl methyl sites for hydroxylation is 1. The van der Waals surface area contributed by atoms with E-state index in [0.717, 1.165) is 0 Å². The van der Waals surface area contributed by atoms with Crippen LogP contribution in [-0.4, -0.2) is 26.6 Å². The van der Waals surface area contributed by atoms with Gasteiger partial charge in [0.2, 0.25) is 5.95 Å². The minimum Gasteiger partial charge on any atom is -0.399 e. The zero-order valence-electron chi connectivity index (χ0n) is 11.4. The molecule has 0 aliphatic carbocycles. The van der Waals surface area contributed by atoms with Crippen molar-refractivity contribution in [2.45, 2.75) is 0 Å². The van der Waals surface area contributed by atoms with Crippen LogP contribution in [0.25, 0.3) is 22.6 Å². The number of rotatable bonds is 2. The Morgan fingerprint density at radius 1 is 1.19 bits per heavy atom. The third-order valence-electron chi connectivity index (χ3n) is 3.12. The number of aromatic nitrogens is 4. The monoisotopic (exact) mass is 322 g/mol. The van der Waals surface area contributed by atoms with Crippen molar-refractivity contribution >= 4 is 46.0 Å². The lowest BCUT2D eigenvalue weighted by molar-refractivity contribution is 0.939. The van der Waals surface area contributed by atoms with E-state index in [9.17, 15) is 0 Å². The lowest BCUT2D eigenvalue weighted by atomic mass is 10.2. The highest BCUT2D eigenvalue weighted by Gasteiger charge is 2.18. The van der Waals surface area contributed by atoms with Crippen molar-refractivity contribution in [3.63, 3.8) is 0 Å².